The molecule has 4 heterocycles. The van der Waals surface area contributed by atoms with Crippen molar-refractivity contribution in [3.8, 4) is 11.3 Å². The van der Waals surface area contributed by atoms with Crippen LogP contribution in [0.15, 0.2) is 36.7 Å². The molecule has 1 fully saturated rings. The number of nitrogens with zero attached hydrogens (tertiary/aromatic N) is 5. The Morgan fingerprint density at radius 1 is 1.05 bits per heavy atom. The largest absolute Gasteiger partial charge is 0.418 e. The average molecular weight is 577 g/mol. The van der Waals surface area contributed by atoms with Crippen LogP contribution in [0.25, 0.3) is 16.8 Å². The Bertz CT molecular complexity index is 1700. The topological polar surface area (TPSA) is 119 Å². The third-order valence-electron chi connectivity index (χ3n) is 6.82. The summed E-state index contributed by atoms with van der Waals surface area (Å²) in [5.41, 5.74) is 4.09. The molecular formula is C26H21F6N7O2. The Kier molecular flexibility index (Phi) is 6.83. The maximum Gasteiger partial charge on any atom is 0.418 e. The van der Waals surface area contributed by atoms with Crippen molar-refractivity contribution < 1.29 is 35.9 Å². The molecule has 1 aromatic carbocycles. The van der Waals surface area contributed by atoms with Crippen LogP contribution >= 0.6 is 0 Å². The van der Waals surface area contributed by atoms with Gasteiger partial charge in [0.1, 0.15) is 29.7 Å². The Balaban J connectivity index is 1.44. The molecule has 0 saturated carbocycles. The predicted octanol–water partition coefficient (Wildman–Crippen LogP) is 3.88. The van der Waals surface area contributed by atoms with Gasteiger partial charge in [0.05, 0.1) is 40.7 Å². The Hall–Kier alpha value is -4.69. The minimum Gasteiger partial charge on any atom is -0.382 e. The molecule has 41 heavy (non-hydrogen) atoms. The van der Waals surface area contributed by atoms with E-state index >= 15 is 0 Å². The summed E-state index contributed by atoms with van der Waals surface area (Å²) in [5.74, 6) is -3.98. The molecule has 2 amide bonds. The van der Waals surface area contributed by atoms with Crippen molar-refractivity contribution in [2.75, 3.05) is 18.8 Å². The average Bonchev–Trinajstić information content (AvgIpc) is 3.47. The Labute approximate surface area is 228 Å². The molecule has 0 aliphatic carbocycles. The highest BCUT2D eigenvalue weighted by atomic mass is 19.4. The number of aryl methyl sites for hydroxylation is 2. The van der Waals surface area contributed by atoms with Crippen molar-refractivity contribution in [2.24, 2.45) is 0 Å². The summed E-state index contributed by atoms with van der Waals surface area (Å²) in [6.45, 7) is 2.22. The normalized spacial score (nSPS) is 17.3. The van der Waals surface area contributed by atoms with Crippen LogP contribution in [-0.2, 0) is 6.18 Å². The number of nitrogen functional groups attached to an aromatic ring is 1. The number of benzene rings is 1. The molecule has 3 N–H and O–H groups in total. The number of likely N-dealkylation sites (tertiary alicyclic amines) is 1. The van der Waals surface area contributed by atoms with Crippen LogP contribution in [0.4, 0.5) is 32.2 Å². The van der Waals surface area contributed by atoms with E-state index in [0.29, 0.717) is 6.07 Å². The van der Waals surface area contributed by atoms with E-state index in [0.717, 1.165) is 33.9 Å². The molecule has 0 spiro atoms. The lowest BCUT2D eigenvalue weighted by molar-refractivity contribution is -0.136. The van der Waals surface area contributed by atoms with Crippen molar-refractivity contribution in [3.63, 3.8) is 0 Å². The number of anilines is 1. The number of alkyl halides is 4. The number of hydrogen-bond donors (Lipinski definition) is 2. The Morgan fingerprint density at radius 2 is 1.78 bits per heavy atom. The first-order chi connectivity index (χ1) is 19.3. The first-order valence-corrected chi connectivity index (χ1v) is 12.1. The van der Waals surface area contributed by atoms with E-state index in [2.05, 4.69) is 20.4 Å². The molecular weight excluding hydrogens is 556 g/mol. The molecule has 4 aromatic rings. The molecule has 9 nitrogen and oxygen atoms in total. The quantitative estimate of drug-likeness (QED) is 0.356. The van der Waals surface area contributed by atoms with Gasteiger partial charge in [0.25, 0.3) is 11.8 Å². The molecule has 15 heteroatoms. The van der Waals surface area contributed by atoms with Gasteiger partial charge in [-0.15, -0.1) is 0 Å². The molecule has 0 radical (unpaired) electrons. The van der Waals surface area contributed by atoms with Crippen molar-refractivity contribution in [2.45, 2.75) is 32.2 Å². The van der Waals surface area contributed by atoms with E-state index in [4.69, 9.17) is 5.73 Å². The lowest BCUT2D eigenvalue weighted by atomic mass is 10.0. The third-order valence-corrected chi connectivity index (χ3v) is 6.82. The second-order valence-electron chi connectivity index (χ2n) is 9.53. The maximum atomic E-state index is 14.9. The predicted molar refractivity (Wildman–Crippen MR) is 134 cm³/mol. The highest BCUT2D eigenvalue weighted by Crippen LogP contribution is 2.39. The van der Waals surface area contributed by atoms with E-state index in [-0.39, 0.29) is 34.8 Å². The van der Waals surface area contributed by atoms with Gasteiger partial charge in [-0.25, -0.2) is 22.7 Å². The number of carbonyl (C=O) groups excluding carboxylic acids is 2. The van der Waals surface area contributed by atoms with Gasteiger partial charge < -0.3 is 16.0 Å². The van der Waals surface area contributed by atoms with Crippen LogP contribution in [0.2, 0.25) is 0 Å². The first-order valence-electron chi connectivity index (χ1n) is 12.1. The van der Waals surface area contributed by atoms with Gasteiger partial charge in [-0.3, -0.25) is 14.6 Å². The number of fused-ring (bicyclic) bond motifs is 1. The smallest absolute Gasteiger partial charge is 0.382 e. The molecule has 2 atom stereocenters. The van der Waals surface area contributed by atoms with Crippen LogP contribution in [0, 0.1) is 25.5 Å². The summed E-state index contributed by atoms with van der Waals surface area (Å²) < 4.78 is 84.8. The van der Waals surface area contributed by atoms with Crippen molar-refractivity contribution in [1.29, 1.82) is 0 Å². The maximum absolute atomic E-state index is 14.9. The van der Waals surface area contributed by atoms with Gasteiger partial charge in [-0.1, -0.05) is 0 Å². The van der Waals surface area contributed by atoms with Gasteiger partial charge in [-0.2, -0.15) is 18.3 Å². The van der Waals surface area contributed by atoms with Gasteiger partial charge in [0, 0.05) is 17.8 Å². The van der Waals surface area contributed by atoms with Crippen molar-refractivity contribution in [3.05, 3.63) is 76.4 Å². The SMILES string of the molecule is Cc1nc(C)c(-c2cc(C(F)(F)F)c3c(N)ncnn23)cc1C(=O)N[C@@H]1CN(C(=O)c2cc(F)ccc2F)C[C@@H]1F. The van der Waals surface area contributed by atoms with Gasteiger partial charge >= 0.3 is 6.18 Å². The van der Waals surface area contributed by atoms with E-state index in [1.54, 1.807) is 0 Å². The van der Waals surface area contributed by atoms with Gasteiger partial charge in [-0.05, 0) is 44.2 Å². The van der Waals surface area contributed by atoms with Crippen LogP contribution in [-0.4, -0.2) is 61.6 Å². The highest BCUT2D eigenvalue weighted by Gasteiger charge is 2.39. The zero-order chi connectivity index (χ0) is 29.8. The zero-order valence-corrected chi connectivity index (χ0v) is 21.4. The molecule has 0 bridgehead atoms. The minimum absolute atomic E-state index is 0.0569. The summed E-state index contributed by atoms with van der Waals surface area (Å²) in [6, 6.07) is 3.25. The third kappa shape index (κ3) is 5.02. The zero-order valence-electron chi connectivity index (χ0n) is 21.4. The number of nitrogens with two attached hydrogens (primary N) is 1. The minimum atomic E-state index is -4.79. The van der Waals surface area contributed by atoms with E-state index in [1.165, 1.54) is 19.9 Å². The molecule has 1 saturated heterocycles. The fraction of sp³-hybridized carbons (Fsp3) is 0.269. The summed E-state index contributed by atoms with van der Waals surface area (Å²) in [4.78, 5) is 34.8. The fourth-order valence-corrected chi connectivity index (χ4v) is 4.83. The molecule has 3 aromatic heterocycles. The van der Waals surface area contributed by atoms with Crippen LogP contribution < -0.4 is 11.1 Å². The second-order valence-corrected chi connectivity index (χ2v) is 9.53. The first kappa shape index (κ1) is 27.9. The summed E-state index contributed by atoms with van der Waals surface area (Å²) in [7, 11) is 0. The van der Waals surface area contributed by atoms with E-state index < -0.39 is 70.8 Å². The highest BCUT2D eigenvalue weighted by molar-refractivity contribution is 5.97. The van der Waals surface area contributed by atoms with Gasteiger partial charge in [0.2, 0.25) is 0 Å². The monoisotopic (exact) mass is 577 g/mol. The van der Waals surface area contributed by atoms with Gasteiger partial charge in [0.15, 0.2) is 5.82 Å². The second kappa shape index (κ2) is 10.1. The Morgan fingerprint density at radius 3 is 2.49 bits per heavy atom. The van der Waals surface area contributed by atoms with E-state index in [9.17, 15) is 35.9 Å². The lowest BCUT2D eigenvalue weighted by Crippen LogP contribution is -2.42. The summed E-state index contributed by atoms with van der Waals surface area (Å²) >= 11 is 0. The number of rotatable bonds is 4. The van der Waals surface area contributed by atoms with E-state index in [1.807, 2.05) is 0 Å². The number of halogens is 6. The standard InChI is InChI=1S/C26H21F6N7O2/c1-11-14(21-7-17(26(30,31)32)22-23(33)34-10-35-39(21)22)6-15(12(2)36-11)24(40)37-20-9-38(8-19(20)29)25(41)16-5-13(27)3-4-18(16)28/h3-7,10,19-20H,8-9H2,1-2H3,(H,37,40)(H2,33,34,35)/t19-,20+/m0/s1. The number of carbonyl (C=O) groups is 2. The van der Waals surface area contributed by atoms with Crippen molar-refractivity contribution >= 4 is 23.1 Å². The number of aromatic nitrogens is 4. The number of hydrogen-bond acceptors (Lipinski definition) is 6. The van der Waals surface area contributed by atoms with Crippen LogP contribution in [0.5, 0.6) is 0 Å². The fourth-order valence-electron chi connectivity index (χ4n) is 4.83. The molecule has 1 aliphatic rings. The van der Waals surface area contributed by atoms with Crippen molar-refractivity contribution in [1.82, 2.24) is 29.8 Å². The molecule has 214 valence electrons. The molecule has 5 rings (SSSR count). The molecule has 1 aliphatic heterocycles. The number of pyridine rings is 1. The lowest BCUT2D eigenvalue weighted by Gasteiger charge is -2.18. The number of nitrogens with one attached hydrogen (secondary N) is 1. The van der Waals surface area contributed by atoms with Crippen LogP contribution in [0.3, 0.4) is 0 Å². The number of amides is 2. The summed E-state index contributed by atoms with van der Waals surface area (Å²) in [6.07, 6.45) is -5.53. The molecule has 0 unspecified atom stereocenters. The summed E-state index contributed by atoms with van der Waals surface area (Å²) in [5, 5.41) is 6.38. The van der Waals surface area contributed by atoms with Crippen LogP contribution in [0.1, 0.15) is 37.7 Å².